The van der Waals surface area contributed by atoms with Gasteiger partial charge in [-0.25, -0.2) is 8.42 Å². The number of carbonyl (C=O) groups excluding carboxylic acids is 1. The summed E-state index contributed by atoms with van der Waals surface area (Å²) in [6.07, 6.45) is 2.89. The lowest BCUT2D eigenvalue weighted by Gasteiger charge is -2.32. The molecule has 0 saturated carbocycles. The van der Waals surface area contributed by atoms with Gasteiger partial charge in [-0.15, -0.1) is 0 Å². The van der Waals surface area contributed by atoms with Gasteiger partial charge in [0.05, 0.1) is 4.90 Å². The fourth-order valence-electron chi connectivity index (χ4n) is 2.95. The Morgan fingerprint density at radius 2 is 1.43 bits per heavy atom. The molecule has 0 N–H and O–H groups in total. The highest BCUT2D eigenvalue weighted by Crippen LogP contribution is 2.20. The van der Waals surface area contributed by atoms with E-state index in [9.17, 15) is 13.2 Å². The molecule has 0 spiro atoms. The Labute approximate surface area is 168 Å². The maximum atomic E-state index is 11.4. The lowest BCUT2D eigenvalue weighted by Crippen LogP contribution is -2.47. The van der Waals surface area contributed by atoms with Crippen molar-refractivity contribution >= 4 is 15.7 Å². The van der Waals surface area contributed by atoms with Gasteiger partial charge in [-0.2, -0.15) is 0 Å². The molecular formula is C22H30N2O3S. The molecule has 3 rings (SSSR count). The zero-order valence-electron chi connectivity index (χ0n) is 17.0. The van der Waals surface area contributed by atoms with E-state index < -0.39 is 9.84 Å². The smallest absolute Gasteiger partial charge is 0.222 e. The first-order valence-electron chi connectivity index (χ1n) is 9.63. The summed E-state index contributed by atoms with van der Waals surface area (Å²) in [4.78, 5) is 16.0. The summed E-state index contributed by atoms with van der Waals surface area (Å²) in [5.74, 6) is 0.325. The SMILES string of the molecule is CCCC(=O)N1CCN(C)CC1.CS(=O)(=O)c1ccc(-c2ccccc2)cc1. The Balaban J connectivity index is 0.000000209. The van der Waals surface area contributed by atoms with Crippen LogP contribution in [0.1, 0.15) is 19.8 Å². The van der Waals surface area contributed by atoms with Crippen LogP contribution in [0.25, 0.3) is 11.1 Å². The van der Waals surface area contributed by atoms with Crippen molar-refractivity contribution in [3.05, 3.63) is 54.6 Å². The molecular weight excluding hydrogens is 372 g/mol. The molecule has 1 aliphatic heterocycles. The molecule has 1 fully saturated rings. The number of hydrogen-bond acceptors (Lipinski definition) is 4. The minimum absolute atomic E-state index is 0.325. The van der Waals surface area contributed by atoms with E-state index in [1.807, 2.05) is 54.3 Å². The molecule has 6 heteroatoms. The maximum absolute atomic E-state index is 11.4. The normalized spacial score (nSPS) is 14.9. The van der Waals surface area contributed by atoms with Crippen LogP contribution in [0.4, 0.5) is 0 Å². The molecule has 0 aromatic heterocycles. The lowest BCUT2D eigenvalue weighted by atomic mass is 10.1. The molecule has 1 amide bonds. The Bertz CT molecular complexity index is 841. The Kier molecular flexibility index (Phi) is 8.20. The van der Waals surface area contributed by atoms with Crippen molar-refractivity contribution in [3.63, 3.8) is 0 Å². The highest BCUT2D eigenvalue weighted by atomic mass is 32.2. The van der Waals surface area contributed by atoms with E-state index in [0.717, 1.165) is 43.7 Å². The molecule has 2 aromatic carbocycles. The maximum Gasteiger partial charge on any atom is 0.222 e. The number of hydrogen-bond donors (Lipinski definition) is 0. The van der Waals surface area contributed by atoms with Crippen molar-refractivity contribution in [2.24, 2.45) is 0 Å². The monoisotopic (exact) mass is 402 g/mol. The molecule has 152 valence electrons. The van der Waals surface area contributed by atoms with Crippen molar-refractivity contribution in [1.29, 1.82) is 0 Å². The van der Waals surface area contributed by atoms with E-state index in [1.165, 1.54) is 6.26 Å². The topological polar surface area (TPSA) is 57.7 Å². The predicted octanol–water partition coefficient (Wildman–Crippen LogP) is 3.32. The van der Waals surface area contributed by atoms with E-state index in [1.54, 1.807) is 12.1 Å². The first kappa shape index (κ1) is 22.1. The number of piperazine rings is 1. The van der Waals surface area contributed by atoms with Gasteiger partial charge in [0.1, 0.15) is 0 Å². The molecule has 1 aliphatic rings. The minimum atomic E-state index is -3.10. The van der Waals surface area contributed by atoms with E-state index in [-0.39, 0.29) is 0 Å². The van der Waals surface area contributed by atoms with Crippen LogP contribution in [-0.2, 0) is 14.6 Å². The summed E-state index contributed by atoms with van der Waals surface area (Å²) in [6.45, 7) is 5.92. The second-order valence-corrected chi connectivity index (χ2v) is 9.11. The molecule has 0 aliphatic carbocycles. The van der Waals surface area contributed by atoms with Crippen LogP contribution in [0.5, 0.6) is 0 Å². The van der Waals surface area contributed by atoms with Gasteiger partial charge >= 0.3 is 0 Å². The number of rotatable bonds is 4. The average Bonchev–Trinajstić information content (AvgIpc) is 2.69. The Morgan fingerprint density at radius 1 is 0.893 bits per heavy atom. The third-order valence-corrected chi connectivity index (χ3v) is 5.84. The molecule has 0 radical (unpaired) electrons. The van der Waals surface area contributed by atoms with Gasteiger partial charge in [-0.1, -0.05) is 49.4 Å². The third-order valence-electron chi connectivity index (χ3n) is 4.71. The molecule has 0 unspecified atom stereocenters. The highest BCUT2D eigenvalue weighted by molar-refractivity contribution is 7.90. The summed E-state index contributed by atoms with van der Waals surface area (Å²) in [7, 11) is -1.00. The number of amides is 1. The molecule has 1 heterocycles. The van der Waals surface area contributed by atoms with Crippen LogP contribution >= 0.6 is 0 Å². The summed E-state index contributed by atoms with van der Waals surface area (Å²) in [5, 5.41) is 0. The summed E-state index contributed by atoms with van der Waals surface area (Å²) < 4.78 is 22.6. The number of sulfone groups is 1. The van der Waals surface area contributed by atoms with Crippen molar-refractivity contribution in [2.75, 3.05) is 39.5 Å². The van der Waals surface area contributed by atoms with Crippen LogP contribution in [0, 0.1) is 0 Å². The second kappa shape index (κ2) is 10.4. The van der Waals surface area contributed by atoms with Crippen molar-refractivity contribution in [3.8, 4) is 11.1 Å². The fraction of sp³-hybridized carbons (Fsp3) is 0.409. The van der Waals surface area contributed by atoms with Crippen molar-refractivity contribution in [2.45, 2.75) is 24.7 Å². The Morgan fingerprint density at radius 3 is 1.93 bits per heavy atom. The van der Waals surface area contributed by atoms with Gasteiger partial charge in [0.25, 0.3) is 0 Å². The molecule has 1 saturated heterocycles. The standard InChI is InChI=1S/C13H12O2S.C9H18N2O/c1-16(14,15)13-9-7-12(8-10-13)11-5-3-2-4-6-11;1-3-4-9(12)11-7-5-10(2)6-8-11/h2-10H,1H3;3-8H2,1-2H3. The quantitative estimate of drug-likeness (QED) is 0.787. The summed E-state index contributed by atoms with van der Waals surface area (Å²) in [6, 6.07) is 16.8. The van der Waals surface area contributed by atoms with Gasteiger partial charge in [-0.05, 0) is 36.7 Å². The summed E-state index contributed by atoms with van der Waals surface area (Å²) in [5.41, 5.74) is 2.11. The molecule has 0 bridgehead atoms. The summed E-state index contributed by atoms with van der Waals surface area (Å²) >= 11 is 0. The highest BCUT2D eigenvalue weighted by Gasteiger charge is 2.17. The van der Waals surface area contributed by atoms with Crippen molar-refractivity contribution in [1.82, 2.24) is 9.80 Å². The first-order valence-corrected chi connectivity index (χ1v) is 11.5. The second-order valence-electron chi connectivity index (χ2n) is 7.10. The predicted molar refractivity (Wildman–Crippen MR) is 114 cm³/mol. The van der Waals surface area contributed by atoms with Crippen LogP contribution in [0.3, 0.4) is 0 Å². The minimum Gasteiger partial charge on any atom is -0.340 e. The molecule has 5 nitrogen and oxygen atoms in total. The van der Waals surface area contributed by atoms with Crippen LogP contribution in [0.15, 0.2) is 59.5 Å². The van der Waals surface area contributed by atoms with E-state index in [0.29, 0.717) is 17.2 Å². The molecule has 28 heavy (non-hydrogen) atoms. The van der Waals surface area contributed by atoms with Gasteiger partial charge in [-0.3, -0.25) is 4.79 Å². The number of carbonyl (C=O) groups is 1. The lowest BCUT2D eigenvalue weighted by molar-refractivity contribution is -0.132. The van der Waals surface area contributed by atoms with Crippen LogP contribution in [-0.4, -0.2) is 63.6 Å². The van der Waals surface area contributed by atoms with Crippen molar-refractivity contribution < 1.29 is 13.2 Å². The van der Waals surface area contributed by atoms with E-state index in [2.05, 4.69) is 11.9 Å². The van der Waals surface area contributed by atoms with E-state index >= 15 is 0 Å². The molecule has 2 aromatic rings. The van der Waals surface area contributed by atoms with Gasteiger partial charge < -0.3 is 9.80 Å². The third kappa shape index (κ3) is 6.77. The fourth-order valence-corrected chi connectivity index (χ4v) is 3.58. The number of likely N-dealkylation sites (N-methyl/N-ethyl adjacent to an activating group) is 1. The molecule has 0 atom stereocenters. The van der Waals surface area contributed by atoms with Crippen LogP contribution < -0.4 is 0 Å². The number of nitrogens with zero attached hydrogens (tertiary/aromatic N) is 2. The number of benzene rings is 2. The van der Waals surface area contributed by atoms with Gasteiger partial charge in [0.15, 0.2) is 9.84 Å². The zero-order chi connectivity index (χ0) is 20.6. The zero-order valence-corrected chi connectivity index (χ0v) is 17.8. The van der Waals surface area contributed by atoms with Gasteiger partial charge in [0, 0.05) is 38.9 Å². The average molecular weight is 403 g/mol. The van der Waals surface area contributed by atoms with Crippen LogP contribution in [0.2, 0.25) is 0 Å². The van der Waals surface area contributed by atoms with Gasteiger partial charge in [0.2, 0.25) is 5.91 Å². The largest absolute Gasteiger partial charge is 0.340 e. The van der Waals surface area contributed by atoms with E-state index in [4.69, 9.17) is 0 Å². The first-order chi connectivity index (χ1) is 13.3. The Hall–Kier alpha value is -2.18.